The van der Waals surface area contributed by atoms with Gasteiger partial charge in [0.25, 0.3) is 5.91 Å². The fraction of sp³-hybridized carbons (Fsp3) is 0.267. The monoisotopic (exact) mass is 602 g/mol. The molecule has 0 aliphatic carbocycles. The molecule has 3 aromatic heterocycles. The summed E-state index contributed by atoms with van der Waals surface area (Å²) in [7, 11) is 1.34. The number of methoxy groups -OCH3 is 1. The molecule has 1 amide bonds. The fourth-order valence-corrected chi connectivity index (χ4v) is 5.36. The highest BCUT2D eigenvalue weighted by Gasteiger charge is 2.35. The number of para-hydroxylation sites is 1. The summed E-state index contributed by atoms with van der Waals surface area (Å²) in [6, 6.07) is 10.5. The van der Waals surface area contributed by atoms with Crippen molar-refractivity contribution in [3.63, 3.8) is 0 Å². The summed E-state index contributed by atoms with van der Waals surface area (Å²) < 4.78 is 56.8. The third-order valence-corrected chi connectivity index (χ3v) is 7.39. The lowest BCUT2D eigenvalue weighted by atomic mass is 10.1. The second-order valence-electron chi connectivity index (χ2n) is 9.99. The minimum atomic E-state index is -1.01. The van der Waals surface area contributed by atoms with E-state index < -0.39 is 29.4 Å². The lowest BCUT2D eigenvalue weighted by Gasteiger charge is -2.41. The lowest BCUT2D eigenvalue weighted by Crippen LogP contribution is -2.55. The van der Waals surface area contributed by atoms with E-state index in [1.807, 2.05) is 0 Å². The molecule has 1 atom stereocenters. The Morgan fingerprint density at radius 3 is 2.77 bits per heavy atom. The molecular formula is C30H25F3N8O3. The van der Waals surface area contributed by atoms with Gasteiger partial charge >= 0.3 is 6.01 Å². The molecule has 1 unspecified atom stereocenters. The molecule has 0 bridgehead atoms. The third-order valence-electron chi connectivity index (χ3n) is 7.39. The van der Waals surface area contributed by atoms with E-state index in [0.717, 1.165) is 6.08 Å². The summed E-state index contributed by atoms with van der Waals surface area (Å²) in [5.41, 5.74) is 0.238. The average molecular weight is 603 g/mol. The second kappa shape index (κ2) is 12.0. The first-order valence-corrected chi connectivity index (χ1v) is 13.7. The molecule has 0 N–H and O–H groups in total. The maximum absolute atomic E-state index is 16.2. The van der Waals surface area contributed by atoms with Crippen LogP contribution < -0.4 is 19.3 Å². The molecule has 1 fully saturated rings. The van der Waals surface area contributed by atoms with Crippen LogP contribution in [0.1, 0.15) is 12.1 Å². The van der Waals surface area contributed by atoms with Gasteiger partial charge in [-0.3, -0.25) is 9.78 Å². The zero-order valence-corrected chi connectivity index (χ0v) is 23.5. The number of anilines is 3. The first-order valence-electron chi connectivity index (χ1n) is 13.7. The van der Waals surface area contributed by atoms with Crippen LogP contribution >= 0.6 is 0 Å². The van der Waals surface area contributed by atoms with Crippen molar-refractivity contribution < 1.29 is 27.4 Å². The topological polar surface area (TPSA) is 121 Å². The molecule has 0 saturated carbocycles. The van der Waals surface area contributed by atoms with Gasteiger partial charge in [-0.05, 0) is 24.3 Å². The Hall–Kier alpha value is -5.45. The maximum Gasteiger partial charge on any atom is 0.318 e. The van der Waals surface area contributed by atoms with Crippen LogP contribution in [0.15, 0.2) is 54.6 Å². The van der Waals surface area contributed by atoms with E-state index in [1.165, 1.54) is 41.4 Å². The van der Waals surface area contributed by atoms with E-state index in [9.17, 15) is 18.8 Å². The number of rotatable bonds is 6. The molecule has 2 aliphatic rings. The number of piperazine rings is 1. The van der Waals surface area contributed by atoms with Crippen molar-refractivity contribution in [2.75, 3.05) is 49.7 Å². The number of hydrogen-bond acceptors (Lipinski definition) is 10. The van der Waals surface area contributed by atoms with Gasteiger partial charge in [0.15, 0.2) is 23.3 Å². The van der Waals surface area contributed by atoms with Crippen molar-refractivity contribution in [3.8, 4) is 17.8 Å². The Labute approximate surface area is 249 Å². The Morgan fingerprint density at radius 2 is 2.00 bits per heavy atom. The quantitative estimate of drug-likeness (QED) is 0.297. The molecule has 1 aromatic carbocycles. The standard InChI is InChI=1S/C30H25F3N8O3/c1-43-30-37-25-20(16-36-28(24(25)33)41-13-14-44-23-7-4-6-21(31)26(23)41)27(38-30)39-11-12-40(19(17-39)8-9-34)29(42)22(32)15-18-5-2-3-10-35-18/h2-7,10,15-16,19H,8,11-14,17H2,1H3/b22-15-. The van der Waals surface area contributed by atoms with Crippen molar-refractivity contribution >= 4 is 40.2 Å². The number of carbonyl (C=O) groups is 1. The van der Waals surface area contributed by atoms with Crippen LogP contribution in [0.4, 0.5) is 30.5 Å². The SMILES string of the molecule is COc1nc(N2CCN(C(=O)/C(F)=C/c3ccccn3)C(CC#N)C2)c2cnc(N3CCOc4cccc(F)c43)c(F)c2n1. The van der Waals surface area contributed by atoms with Crippen LogP contribution in [0, 0.1) is 23.0 Å². The van der Waals surface area contributed by atoms with E-state index >= 15 is 4.39 Å². The van der Waals surface area contributed by atoms with Crippen molar-refractivity contribution in [2.45, 2.75) is 12.5 Å². The molecule has 0 spiro atoms. The summed E-state index contributed by atoms with van der Waals surface area (Å²) in [5.74, 6) is -2.90. The summed E-state index contributed by atoms with van der Waals surface area (Å²) >= 11 is 0. The first-order chi connectivity index (χ1) is 21.4. The number of fused-ring (bicyclic) bond motifs is 2. The van der Waals surface area contributed by atoms with Crippen LogP contribution in [0.5, 0.6) is 11.8 Å². The van der Waals surface area contributed by atoms with E-state index in [1.54, 1.807) is 29.2 Å². The molecular weight excluding hydrogens is 577 g/mol. The van der Waals surface area contributed by atoms with Crippen LogP contribution in [0.25, 0.3) is 17.0 Å². The molecule has 44 heavy (non-hydrogen) atoms. The predicted molar refractivity (Wildman–Crippen MR) is 154 cm³/mol. The largest absolute Gasteiger partial charge is 0.489 e. The fourth-order valence-electron chi connectivity index (χ4n) is 5.36. The Morgan fingerprint density at radius 1 is 1.14 bits per heavy atom. The summed E-state index contributed by atoms with van der Waals surface area (Å²) in [4.78, 5) is 34.6. The van der Waals surface area contributed by atoms with Crippen molar-refractivity contribution in [2.24, 2.45) is 0 Å². The Kier molecular flexibility index (Phi) is 7.84. The molecule has 224 valence electrons. The van der Waals surface area contributed by atoms with Crippen LogP contribution in [0.3, 0.4) is 0 Å². The van der Waals surface area contributed by atoms with Gasteiger partial charge < -0.3 is 24.2 Å². The van der Waals surface area contributed by atoms with E-state index in [-0.39, 0.29) is 84.9 Å². The molecule has 5 heterocycles. The first kappa shape index (κ1) is 28.7. The van der Waals surface area contributed by atoms with Gasteiger partial charge in [0.2, 0.25) is 0 Å². The molecule has 0 radical (unpaired) electrons. The number of ether oxygens (including phenoxy) is 2. The lowest BCUT2D eigenvalue weighted by molar-refractivity contribution is -0.131. The number of nitrogens with zero attached hydrogens (tertiary/aromatic N) is 8. The predicted octanol–water partition coefficient (Wildman–Crippen LogP) is 4.18. The van der Waals surface area contributed by atoms with Crippen molar-refractivity contribution in [1.29, 1.82) is 5.26 Å². The van der Waals surface area contributed by atoms with Gasteiger partial charge in [-0.1, -0.05) is 12.1 Å². The summed E-state index contributed by atoms with van der Waals surface area (Å²) in [5, 5.41) is 9.75. The maximum atomic E-state index is 16.2. The summed E-state index contributed by atoms with van der Waals surface area (Å²) in [6.45, 7) is 0.673. The van der Waals surface area contributed by atoms with Gasteiger partial charge in [-0.25, -0.2) is 18.2 Å². The molecule has 2 aliphatic heterocycles. The van der Waals surface area contributed by atoms with Crippen molar-refractivity contribution in [3.05, 3.63) is 71.9 Å². The number of hydrogen-bond donors (Lipinski definition) is 0. The molecule has 1 saturated heterocycles. The average Bonchev–Trinajstić information content (AvgIpc) is 3.05. The number of pyridine rings is 2. The number of aromatic nitrogens is 4. The normalized spacial score (nSPS) is 16.8. The number of halogens is 3. The Bertz CT molecular complexity index is 1800. The number of nitriles is 1. The number of carbonyl (C=O) groups excluding carboxylic acids is 1. The zero-order chi connectivity index (χ0) is 30.8. The molecule has 6 rings (SSSR count). The zero-order valence-electron chi connectivity index (χ0n) is 23.5. The highest BCUT2D eigenvalue weighted by molar-refractivity contribution is 5.96. The summed E-state index contributed by atoms with van der Waals surface area (Å²) in [6.07, 6.45) is 3.84. The minimum absolute atomic E-state index is 0.0559. The highest BCUT2D eigenvalue weighted by Crippen LogP contribution is 2.40. The van der Waals surface area contributed by atoms with Crippen LogP contribution in [-0.4, -0.2) is 76.7 Å². The van der Waals surface area contributed by atoms with Crippen LogP contribution in [0.2, 0.25) is 0 Å². The smallest absolute Gasteiger partial charge is 0.318 e. The van der Waals surface area contributed by atoms with Crippen LogP contribution in [-0.2, 0) is 4.79 Å². The molecule has 4 aromatic rings. The molecule has 11 nitrogen and oxygen atoms in total. The van der Waals surface area contributed by atoms with E-state index in [4.69, 9.17) is 9.47 Å². The van der Waals surface area contributed by atoms with Crippen molar-refractivity contribution in [1.82, 2.24) is 24.8 Å². The van der Waals surface area contributed by atoms with E-state index in [0.29, 0.717) is 0 Å². The van der Waals surface area contributed by atoms with Gasteiger partial charge in [-0.2, -0.15) is 15.2 Å². The Balaban J connectivity index is 1.34. The van der Waals surface area contributed by atoms with E-state index in [2.05, 4.69) is 26.0 Å². The molecule has 14 heteroatoms. The van der Waals surface area contributed by atoms with Gasteiger partial charge in [-0.15, -0.1) is 0 Å². The van der Waals surface area contributed by atoms with Gasteiger partial charge in [0.1, 0.15) is 29.4 Å². The third kappa shape index (κ3) is 5.28. The minimum Gasteiger partial charge on any atom is -0.489 e. The second-order valence-corrected chi connectivity index (χ2v) is 9.99. The highest BCUT2D eigenvalue weighted by atomic mass is 19.1. The van der Waals surface area contributed by atoms with Gasteiger partial charge in [0, 0.05) is 38.1 Å². The number of benzene rings is 1. The number of amides is 1. The van der Waals surface area contributed by atoms with Gasteiger partial charge in [0.05, 0.1) is 43.3 Å².